The number of nitrogens with zero attached hydrogens (tertiary/aromatic N) is 1. The second-order valence-corrected chi connectivity index (χ2v) is 7.38. The first-order valence-corrected chi connectivity index (χ1v) is 9.68. The predicted molar refractivity (Wildman–Crippen MR) is 110 cm³/mol. The van der Waals surface area contributed by atoms with Gasteiger partial charge in [-0.05, 0) is 41.8 Å². The average molecular weight is 428 g/mol. The van der Waals surface area contributed by atoms with Crippen molar-refractivity contribution in [3.63, 3.8) is 0 Å². The van der Waals surface area contributed by atoms with Crippen LogP contribution >= 0.6 is 34.8 Å². The number of carbonyl (C=O) groups is 2. The van der Waals surface area contributed by atoms with Gasteiger partial charge in [0, 0.05) is 28.7 Å². The largest absolute Gasteiger partial charge is 0.357 e. The number of likely N-dealkylation sites (N-methyl/N-ethyl adjacent to an activating group) is 1. The third kappa shape index (κ3) is 5.86. The summed E-state index contributed by atoms with van der Waals surface area (Å²) in [6.07, 6.45) is 0.646. The van der Waals surface area contributed by atoms with E-state index in [1.54, 1.807) is 54.4 Å². The normalized spacial score (nSPS) is 11.7. The summed E-state index contributed by atoms with van der Waals surface area (Å²) < 4.78 is 0. The molecular formula is C20H21Cl3N2O2. The van der Waals surface area contributed by atoms with Crippen molar-refractivity contribution in [3.05, 3.63) is 68.7 Å². The third-order valence-electron chi connectivity index (χ3n) is 4.26. The number of hydrogen-bond donors (Lipinski definition) is 1. The third-order valence-corrected chi connectivity index (χ3v) is 5.10. The van der Waals surface area contributed by atoms with Crippen molar-refractivity contribution >= 4 is 46.6 Å². The highest BCUT2D eigenvalue weighted by atomic mass is 35.5. The number of benzene rings is 2. The molecule has 0 saturated carbocycles. The van der Waals surface area contributed by atoms with E-state index in [1.807, 2.05) is 6.92 Å². The van der Waals surface area contributed by atoms with Crippen molar-refractivity contribution in [2.75, 3.05) is 7.05 Å². The molecule has 4 nitrogen and oxygen atoms in total. The van der Waals surface area contributed by atoms with Crippen LogP contribution in [0.1, 0.15) is 24.5 Å². The van der Waals surface area contributed by atoms with Crippen molar-refractivity contribution < 1.29 is 9.59 Å². The van der Waals surface area contributed by atoms with Crippen LogP contribution in [-0.4, -0.2) is 29.8 Å². The van der Waals surface area contributed by atoms with Crippen LogP contribution in [0.3, 0.4) is 0 Å². The van der Waals surface area contributed by atoms with Crippen LogP contribution in [0.5, 0.6) is 0 Å². The second-order valence-electron chi connectivity index (χ2n) is 6.10. The van der Waals surface area contributed by atoms with Gasteiger partial charge in [0.25, 0.3) is 0 Å². The molecule has 0 radical (unpaired) electrons. The molecule has 7 heteroatoms. The zero-order valence-corrected chi connectivity index (χ0v) is 17.4. The molecule has 27 heavy (non-hydrogen) atoms. The first-order valence-electron chi connectivity index (χ1n) is 8.55. The van der Waals surface area contributed by atoms with Crippen LogP contribution in [-0.2, 0) is 22.6 Å². The van der Waals surface area contributed by atoms with Crippen LogP contribution in [0, 0.1) is 0 Å². The highest BCUT2D eigenvalue weighted by molar-refractivity contribution is 6.35. The van der Waals surface area contributed by atoms with E-state index in [4.69, 9.17) is 34.8 Å². The highest BCUT2D eigenvalue weighted by Crippen LogP contribution is 2.24. The summed E-state index contributed by atoms with van der Waals surface area (Å²) >= 11 is 18.1. The van der Waals surface area contributed by atoms with E-state index in [-0.39, 0.29) is 24.8 Å². The van der Waals surface area contributed by atoms with Gasteiger partial charge in [-0.25, -0.2) is 0 Å². The molecule has 0 bridgehead atoms. The molecule has 1 N–H and O–H groups in total. The number of carbonyl (C=O) groups excluding carboxylic acids is 2. The molecule has 1 atom stereocenters. The SMILES string of the molecule is CCC(C(=O)NC)N(Cc1ccc(Cl)cc1Cl)C(=O)Cc1ccc(Cl)cc1. The summed E-state index contributed by atoms with van der Waals surface area (Å²) in [6, 6.07) is 11.6. The topological polar surface area (TPSA) is 49.4 Å². The standard InChI is InChI=1S/C20H21Cl3N2O2/c1-3-18(20(27)24-2)25(12-14-6-9-16(22)11-17(14)23)19(26)10-13-4-7-15(21)8-5-13/h4-9,11,18H,3,10,12H2,1-2H3,(H,24,27). The van der Waals surface area contributed by atoms with Gasteiger partial charge in [0.2, 0.25) is 11.8 Å². The smallest absolute Gasteiger partial charge is 0.242 e. The van der Waals surface area contributed by atoms with Crippen LogP contribution in [0.2, 0.25) is 15.1 Å². The first kappa shape index (κ1) is 21.5. The fraction of sp³-hybridized carbons (Fsp3) is 0.300. The molecule has 2 aromatic rings. The number of nitrogens with one attached hydrogen (secondary N) is 1. The lowest BCUT2D eigenvalue weighted by Gasteiger charge is -2.30. The van der Waals surface area contributed by atoms with E-state index >= 15 is 0 Å². The van der Waals surface area contributed by atoms with Crippen molar-refractivity contribution in [3.8, 4) is 0 Å². The zero-order chi connectivity index (χ0) is 20.0. The molecule has 0 fully saturated rings. The van der Waals surface area contributed by atoms with Crippen molar-refractivity contribution in [2.45, 2.75) is 32.4 Å². The van der Waals surface area contributed by atoms with Crippen molar-refractivity contribution in [1.29, 1.82) is 0 Å². The van der Waals surface area contributed by atoms with E-state index in [1.165, 1.54) is 0 Å². The summed E-state index contributed by atoms with van der Waals surface area (Å²) in [5, 5.41) is 4.20. The van der Waals surface area contributed by atoms with Gasteiger partial charge in [0.05, 0.1) is 6.42 Å². The monoisotopic (exact) mass is 426 g/mol. The molecule has 2 amide bonds. The van der Waals surface area contributed by atoms with Crippen molar-refractivity contribution in [2.24, 2.45) is 0 Å². The maximum Gasteiger partial charge on any atom is 0.242 e. The Morgan fingerprint density at radius 1 is 1.04 bits per heavy atom. The van der Waals surface area contributed by atoms with Crippen LogP contribution < -0.4 is 5.32 Å². The van der Waals surface area contributed by atoms with Gasteiger partial charge in [-0.1, -0.05) is 59.9 Å². The molecular weight excluding hydrogens is 407 g/mol. The summed E-state index contributed by atoms with van der Waals surface area (Å²) in [7, 11) is 1.56. The molecule has 144 valence electrons. The van der Waals surface area contributed by atoms with E-state index in [2.05, 4.69) is 5.32 Å². The molecule has 1 unspecified atom stereocenters. The fourth-order valence-corrected chi connectivity index (χ4v) is 3.39. The molecule has 0 aliphatic carbocycles. The van der Waals surface area contributed by atoms with Gasteiger partial charge in [-0.3, -0.25) is 9.59 Å². The number of rotatable bonds is 7. The maximum atomic E-state index is 13.0. The number of amides is 2. The molecule has 0 heterocycles. The molecule has 0 aromatic heterocycles. The van der Waals surface area contributed by atoms with Crippen LogP contribution in [0.4, 0.5) is 0 Å². The van der Waals surface area contributed by atoms with Gasteiger partial charge in [-0.15, -0.1) is 0 Å². The molecule has 0 spiro atoms. The molecule has 2 rings (SSSR count). The number of halogens is 3. The minimum atomic E-state index is -0.596. The predicted octanol–water partition coefficient (Wildman–Crippen LogP) is 4.74. The summed E-state index contributed by atoms with van der Waals surface area (Å²) in [6.45, 7) is 2.08. The summed E-state index contributed by atoms with van der Waals surface area (Å²) in [5.74, 6) is -0.383. The summed E-state index contributed by atoms with van der Waals surface area (Å²) in [5.41, 5.74) is 1.55. The average Bonchev–Trinajstić information content (AvgIpc) is 2.64. The van der Waals surface area contributed by atoms with Crippen molar-refractivity contribution in [1.82, 2.24) is 10.2 Å². The molecule has 0 saturated heterocycles. The minimum absolute atomic E-state index is 0.163. The van der Waals surface area contributed by atoms with Gasteiger partial charge in [0.15, 0.2) is 0 Å². The zero-order valence-electron chi connectivity index (χ0n) is 15.1. The lowest BCUT2D eigenvalue weighted by molar-refractivity contribution is -0.140. The maximum absolute atomic E-state index is 13.0. The Morgan fingerprint density at radius 3 is 2.22 bits per heavy atom. The van der Waals surface area contributed by atoms with Crippen LogP contribution in [0.25, 0.3) is 0 Å². The molecule has 0 aliphatic heterocycles. The Kier molecular flexibility index (Phi) is 7.96. The Morgan fingerprint density at radius 2 is 1.67 bits per heavy atom. The molecule has 2 aromatic carbocycles. The van der Waals surface area contributed by atoms with Gasteiger partial charge >= 0.3 is 0 Å². The fourth-order valence-electron chi connectivity index (χ4n) is 2.80. The van der Waals surface area contributed by atoms with E-state index in [0.29, 0.717) is 21.5 Å². The lowest BCUT2D eigenvalue weighted by Crippen LogP contribution is -2.48. The van der Waals surface area contributed by atoms with Crippen LogP contribution in [0.15, 0.2) is 42.5 Å². The Balaban J connectivity index is 2.31. The van der Waals surface area contributed by atoms with E-state index < -0.39 is 6.04 Å². The van der Waals surface area contributed by atoms with E-state index in [9.17, 15) is 9.59 Å². The van der Waals surface area contributed by atoms with E-state index in [0.717, 1.165) is 11.1 Å². The highest BCUT2D eigenvalue weighted by Gasteiger charge is 2.28. The lowest BCUT2D eigenvalue weighted by atomic mass is 10.1. The Labute approximate surface area is 174 Å². The molecule has 0 aliphatic rings. The van der Waals surface area contributed by atoms with Gasteiger partial charge < -0.3 is 10.2 Å². The second kappa shape index (κ2) is 9.98. The quantitative estimate of drug-likeness (QED) is 0.693. The van der Waals surface area contributed by atoms with Gasteiger partial charge in [-0.2, -0.15) is 0 Å². The Bertz CT molecular complexity index is 809. The number of hydrogen-bond acceptors (Lipinski definition) is 2. The first-order chi connectivity index (χ1) is 12.8. The van der Waals surface area contributed by atoms with Gasteiger partial charge in [0.1, 0.15) is 6.04 Å². The minimum Gasteiger partial charge on any atom is -0.357 e. The Hall–Kier alpha value is -1.75. The summed E-state index contributed by atoms with van der Waals surface area (Å²) in [4.78, 5) is 26.9.